The number of hydrogen-bond donors (Lipinski definition) is 3. The van der Waals surface area contributed by atoms with Crippen LogP contribution in [0.5, 0.6) is 0 Å². The quantitative estimate of drug-likeness (QED) is 0.669. The lowest BCUT2D eigenvalue weighted by Gasteiger charge is -2.07. The molecule has 2 rings (SSSR count). The van der Waals surface area contributed by atoms with Crippen molar-refractivity contribution in [2.45, 2.75) is 6.61 Å². The molecule has 0 bridgehead atoms. The van der Waals surface area contributed by atoms with Crippen molar-refractivity contribution in [3.8, 4) is 11.1 Å². The number of anilines is 2. The van der Waals surface area contributed by atoms with Crippen molar-refractivity contribution in [2.75, 3.05) is 11.5 Å². The predicted molar refractivity (Wildman–Crippen MR) is 66.6 cm³/mol. The predicted octanol–water partition coefficient (Wildman–Crippen LogP) is 2.01. The maximum Gasteiger partial charge on any atom is 0.0702 e. The lowest BCUT2D eigenvalue weighted by molar-refractivity contribution is 0.282. The van der Waals surface area contributed by atoms with Gasteiger partial charge in [-0.05, 0) is 35.4 Å². The summed E-state index contributed by atoms with van der Waals surface area (Å²) in [6.45, 7) is -0.0470. The van der Waals surface area contributed by atoms with Crippen LogP contribution >= 0.6 is 0 Å². The molecule has 0 unspecified atom stereocenters. The molecule has 0 saturated carbocycles. The summed E-state index contributed by atoms with van der Waals surface area (Å²) >= 11 is 0. The van der Waals surface area contributed by atoms with Crippen molar-refractivity contribution < 1.29 is 5.11 Å². The lowest BCUT2D eigenvalue weighted by Crippen LogP contribution is -1.94. The average Bonchev–Trinajstić information content (AvgIpc) is 2.31. The Labute approximate surface area is 94.3 Å². The summed E-state index contributed by atoms with van der Waals surface area (Å²) in [5, 5.41) is 9.13. The van der Waals surface area contributed by atoms with Crippen molar-refractivity contribution in [2.24, 2.45) is 0 Å². The molecule has 2 aromatic carbocycles. The van der Waals surface area contributed by atoms with Crippen molar-refractivity contribution in [1.29, 1.82) is 0 Å². The van der Waals surface area contributed by atoms with Crippen LogP contribution in [-0.2, 0) is 6.61 Å². The van der Waals surface area contributed by atoms with E-state index in [1.165, 1.54) is 0 Å². The van der Waals surface area contributed by atoms with Gasteiger partial charge in [0.25, 0.3) is 0 Å². The van der Waals surface area contributed by atoms with E-state index in [0.717, 1.165) is 22.4 Å². The fourth-order valence-corrected chi connectivity index (χ4v) is 1.60. The van der Waals surface area contributed by atoms with Gasteiger partial charge in [-0.2, -0.15) is 0 Å². The molecule has 3 heteroatoms. The third-order valence-corrected chi connectivity index (χ3v) is 2.56. The highest BCUT2D eigenvalue weighted by Crippen LogP contribution is 2.24. The van der Waals surface area contributed by atoms with Gasteiger partial charge >= 0.3 is 0 Å². The molecule has 0 radical (unpaired) electrons. The van der Waals surface area contributed by atoms with Gasteiger partial charge in [0.2, 0.25) is 0 Å². The number of nitrogens with two attached hydrogens (primary N) is 2. The Morgan fingerprint density at radius 2 is 1.50 bits per heavy atom. The van der Waals surface area contributed by atoms with Crippen LogP contribution in [0.4, 0.5) is 11.4 Å². The highest BCUT2D eigenvalue weighted by atomic mass is 16.3. The highest BCUT2D eigenvalue weighted by Gasteiger charge is 2.02. The second-order valence-corrected chi connectivity index (χ2v) is 3.69. The Morgan fingerprint density at radius 1 is 0.875 bits per heavy atom. The van der Waals surface area contributed by atoms with E-state index in [2.05, 4.69) is 0 Å². The highest BCUT2D eigenvalue weighted by molar-refractivity contribution is 5.69. The van der Waals surface area contributed by atoms with E-state index >= 15 is 0 Å². The molecule has 2 aromatic rings. The molecule has 0 atom stereocenters. The molecule has 5 N–H and O–H groups in total. The summed E-state index contributed by atoms with van der Waals surface area (Å²) in [7, 11) is 0. The molecular weight excluding hydrogens is 200 g/mol. The topological polar surface area (TPSA) is 72.3 Å². The molecule has 0 aliphatic rings. The molecule has 3 nitrogen and oxygen atoms in total. The molecule has 0 aromatic heterocycles. The smallest absolute Gasteiger partial charge is 0.0702 e. The molecular formula is C13H14N2O. The third-order valence-electron chi connectivity index (χ3n) is 2.56. The zero-order chi connectivity index (χ0) is 11.5. The zero-order valence-corrected chi connectivity index (χ0v) is 8.85. The minimum atomic E-state index is -0.0470. The van der Waals surface area contributed by atoms with Crippen molar-refractivity contribution in [1.82, 2.24) is 0 Å². The Balaban J connectivity index is 2.44. The minimum Gasteiger partial charge on any atom is -0.399 e. The Kier molecular flexibility index (Phi) is 2.79. The van der Waals surface area contributed by atoms with Gasteiger partial charge in [0.05, 0.1) is 6.61 Å². The summed E-state index contributed by atoms with van der Waals surface area (Å²) in [6.07, 6.45) is 0. The summed E-state index contributed by atoms with van der Waals surface area (Å²) < 4.78 is 0. The first-order valence-electron chi connectivity index (χ1n) is 5.06. The van der Waals surface area contributed by atoms with E-state index < -0.39 is 0 Å². The van der Waals surface area contributed by atoms with Gasteiger partial charge < -0.3 is 16.6 Å². The largest absolute Gasteiger partial charge is 0.399 e. The van der Waals surface area contributed by atoms with Crippen LogP contribution in [0.2, 0.25) is 0 Å². The number of rotatable bonds is 2. The maximum atomic E-state index is 9.13. The fourth-order valence-electron chi connectivity index (χ4n) is 1.60. The van der Waals surface area contributed by atoms with Crippen LogP contribution in [0, 0.1) is 0 Å². The number of aliphatic hydroxyl groups is 1. The average molecular weight is 214 g/mol. The van der Waals surface area contributed by atoms with Crippen LogP contribution in [0.15, 0.2) is 42.5 Å². The molecule has 0 spiro atoms. The van der Waals surface area contributed by atoms with E-state index in [4.69, 9.17) is 16.6 Å². The molecule has 0 heterocycles. The molecule has 0 fully saturated rings. The Morgan fingerprint density at radius 3 is 2.12 bits per heavy atom. The van der Waals surface area contributed by atoms with Crippen molar-refractivity contribution in [3.63, 3.8) is 0 Å². The first-order valence-corrected chi connectivity index (χ1v) is 5.06. The fraction of sp³-hybridized carbons (Fsp3) is 0.0769. The van der Waals surface area contributed by atoms with Gasteiger partial charge in [-0.3, -0.25) is 0 Å². The zero-order valence-electron chi connectivity index (χ0n) is 8.85. The van der Waals surface area contributed by atoms with Crippen LogP contribution in [0.1, 0.15) is 5.56 Å². The molecule has 0 saturated heterocycles. The normalized spacial score (nSPS) is 10.3. The summed E-state index contributed by atoms with van der Waals surface area (Å²) in [4.78, 5) is 0. The second kappa shape index (κ2) is 4.24. The van der Waals surface area contributed by atoms with Crippen LogP contribution in [-0.4, -0.2) is 5.11 Å². The van der Waals surface area contributed by atoms with Crippen LogP contribution in [0.3, 0.4) is 0 Å². The van der Waals surface area contributed by atoms with E-state index in [0.29, 0.717) is 5.69 Å². The standard InChI is InChI=1S/C13H14N2O/c14-12-4-1-9(2-5-12)10-3-6-13(15)11(7-10)8-16/h1-7,16H,8,14-15H2. The molecule has 0 amide bonds. The van der Waals surface area contributed by atoms with E-state index in [9.17, 15) is 0 Å². The summed E-state index contributed by atoms with van der Waals surface area (Å²) in [5.74, 6) is 0. The van der Waals surface area contributed by atoms with Crippen LogP contribution < -0.4 is 11.5 Å². The van der Waals surface area contributed by atoms with E-state index in [1.54, 1.807) is 6.07 Å². The van der Waals surface area contributed by atoms with Gasteiger partial charge in [0.1, 0.15) is 0 Å². The number of benzene rings is 2. The number of nitrogen functional groups attached to an aromatic ring is 2. The van der Waals surface area contributed by atoms with Crippen molar-refractivity contribution >= 4 is 11.4 Å². The van der Waals surface area contributed by atoms with Crippen LogP contribution in [0.25, 0.3) is 11.1 Å². The van der Waals surface area contributed by atoms with Crippen molar-refractivity contribution in [3.05, 3.63) is 48.0 Å². The monoisotopic (exact) mass is 214 g/mol. The third kappa shape index (κ3) is 1.99. The van der Waals surface area contributed by atoms with Gasteiger partial charge in [0.15, 0.2) is 0 Å². The molecule has 16 heavy (non-hydrogen) atoms. The molecule has 82 valence electrons. The Hall–Kier alpha value is -2.00. The first-order chi connectivity index (χ1) is 7.70. The first kappa shape index (κ1) is 10.5. The van der Waals surface area contributed by atoms with Gasteiger partial charge in [-0.15, -0.1) is 0 Å². The maximum absolute atomic E-state index is 9.13. The number of aliphatic hydroxyl groups excluding tert-OH is 1. The van der Waals surface area contributed by atoms with Gasteiger partial charge in [-0.25, -0.2) is 0 Å². The summed E-state index contributed by atoms with van der Waals surface area (Å²) in [5.41, 5.74) is 15.5. The molecule has 0 aliphatic carbocycles. The van der Waals surface area contributed by atoms with E-state index in [1.807, 2.05) is 36.4 Å². The summed E-state index contributed by atoms with van der Waals surface area (Å²) in [6, 6.07) is 13.2. The molecule has 0 aliphatic heterocycles. The lowest BCUT2D eigenvalue weighted by atomic mass is 10.0. The van der Waals surface area contributed by atoms with E-state index in [-0.39, 0.29) is 6.61 Å². The van der Waals surface area contributed by atoms with Gasteiger partial charge in [-0.1, -0.05) is 18.2 Å². The van der Waals surface area contributed by atoms with Gasteiger partial charge in [0, 0.05) is 16.9 Å². The second-order valence-electron chi connectivity index (χ2n) is 3.69. The SMILES string of the molecule is Nc1ccc(-c2ccc(N)c(CO)c2)cc1. The minimum absolute atomic E-state index is 0.0470. The number of hydrogen-bond acceptors (Lipinski definition) is 3. The Bertz CT molecular complexity index is 492.